The molecule has 2 aliphatic heterocycles. The fraction of sp³-hybridized carbons (Fsp3) is 0.464. The Morgan fingerprint density at radius 1 is 1.21 bits per heavy atom. The van der Waals surface area contributed by atoms with E-state index in [1.807, 2.05) is 64.1 Å². The standard InChI is InChI=1S/C28H34N4O5S/c1-17-5-10-21-22(29)23(38-25(21)31-17)24(33)30-12-11-18-6-8-19(9-7-18)36-20-13-28(35-14-20)15-32(16-28)26(34)37-27(2,3)4/h5-10,20H,11-16,29H2,1-4H3,(H,30,33)/t20-/m1/s1. The number of hydrogen-bond donors (Lipinski definition) is 2. The van der Waals surface area contributed by atoms with Crippen LogP contribution < -0.4 is 15.8 Å². The summed E-state index contributed by atoms with van der Waals surface area (Å²) in [5, 5.41) is 3.78. The van der Waals surface area contributed by atoms with E-state index >= 15 is 0 Å². The molecule has 0 radical (unpaired) electrons. The highest BCUT2D eigenvalue weighted by Crippen LogP contribution is 2.37. The van der Waals surface area contributed by atoms with E-state index in [0.717, 1.165) is 33.6 Å². The monoisotopic (exact) mass is 538 g/mol. The Bertz CT molecular complexity index is 1340. The number of aryl methyl sites for hydroxylation is 1. The third-order valence-corrected chi connectivity index (χ3v) is 7.76. The summed E-state index contributed by atoms with van der Waals surface area (Å²) >= 11 is 1.32. The number of carbonyl (C=O) groups is 2. The summed E-state index contributed by atoms with van der Waals surface area (Å²) in [6, 6.07) is 11.7. The number of nitrogens with one attached hydrogen (secondary N) is 1. The third kappa shape index (κ3) is 5.71. The van der Waals surface area contributed by atoms with Crippen molar-refractivity contribution in [3.8, 4) is 5.75 Å². The Morgan fingerprint density at radius 2 is 1.95 bits per heavy atom. The lowest BCUT2D eigenvalue weighted by molar-refractivity contribution is -0.109. The number of carbonyl (C=O) groups excluding carboxylic acids is 2. The minimum absolute atomic E-state index is 0.0639. The Hall–Kier alpha value is -3.37. The molecule has 0 bridgehead atoms. The summed E-state index contributed by atoms with van der Waals surface area (Å²) in [7, 11) is 0. The summed E-state index contributed by atoms with van der Waals surface area (Å²) < 4.78 is 17.6. The number of anilines is 1. The topological polar surface area (TPSA) is 116 Å². The predicted octanol–water partition coefficient (Wildman–Crippen LogP) is 4.32. The smallest absolute Gasteiger partial charge is 0.410 e. The van der Waals surface area contributed by atoms with E-state index in [0.29, 0.717) is 43.2 Å². The maximum Gasteiger partial charge on any atom is 0.410 e. The summed E-state index contributed by atoms with van der Waals surface area (Å²) in [5.41, 5.74) is 7.80. The minimum Gasteiger partial charge on any atom is -0.488 e. The van der Waals surface area contributed by atoms with Crippen LogP contribution in [0.2, 0.25) is 0 Å². The molecule has 0 aliphatic carbocycles. The molecule has 1 spiro atoms. The lowest BCUT2D eigenvalue weighted by Gasteiger charge is -2.46. The summed E-state index contributed by atoms with van der Waals surface area (Å²) in [4.78, 5) is 32.3. The molecule has 4 heterocycles. The average molecular weight is 539 g/mol. The SMILES string of the molecule is Cc1ccc2c(N)c(C(=O)NCCc3ccc(O[C@H]4COC5(C4)CN(C(=O)OC(C)(C)C)C5)cc3)sc2n1. The molecule has 3 N–H and O–H groups in total. The normalized spacial score (nSPS) is 18.4. The van der Waals surface area contributed by atoms with Crippen molar-refractivity contribution in [1.82, 2.24) is 15.2 Å². The molecule has 0 unspecified atom stereocenters. The van der Waals surface area contributed by atoms with E-state index in [2.05, 4.69) is 10.3 Å². The molecule has 1 aromatic carbocycles. The van der Waals surface area contributed by atoms with Crippen molar-refractivity contribution in [2.75, 3.05) is 32.0 Å². The maximum atomic E-state index is 12.7. The number of hydrogen-bond acceptors (Lipinski definition) is 8. The lowest BCUT2D eigenvalue weighted by atomic mass is 9.90. The number of amides is 2. The van der Waals surface area contributed by atoms with Crippen molar-refractivity contribution >= 4 is 39.2 Å². The number of fused-ring (bicyclic) bond motifs is 1. The molecule has 2 amide bonds. The average Bonchev–Trinajstić information content (AvgIpc) is 3.39. The largest absolute Gasteiger partial charge is 0.488 e. The Labute approximate surface area is 226 Å². The van der Waals surface area contributed by atoms with Crippen LogP contribution in [-0.2, 0) is 15.9 Å². The molecule has 2 fully saturated rings. The van der Waals surface area contributed by atoms with E-state index in [4.69, 9.17) is 19.9 Å². The van der Waals surface area contributed by atoms with Gasteiger partial charge < -0.3 is 30.2 Å². The van der Waals surface area contributed by atoms with Gasteiger partial charge in [-0.25, -0.2) is 9.78 Å². The van der Waals surface area contributed by atoms with Crippen molar-refractivity contribution in [1.29, 1.82) is 0 Å². The molecule has 2 saturated heterocycles. The van der Waals surface area contributed by atoms with Gasteiger partial charge >= 0.3 is 6.09 Å². The maximum absolute atomic E-state index is 12.7. The highest BCUT2D eigenvalue weighted by atomic mass is 32.1. The van der Waals surface area contributed by atoms with Gasteiger partial charge in [0, 0.05) is 24.0 Å². The van der Waals surface area contributed by atoms with Gasteiger partial charge in [0.05, 0.1) is 25.4 Å². The van der Waals surface area contributed by atoms with E-state index in [-0.39, 0.29) is 23.7 Å². The zero-order valence-electron chi connectivity index (χ0n) is 22.2. The number of ether oxygens (including phenoxy) is 3. The lowest BCUT2D eigenvalue weighted by Crippen LogP contribution is -2.64. The molecule has 202 valence electrons. The first-order valence-corrected chi connectivity index (χ1v) is 13.6. The second-order valence-electron chi connectivity index (χ2n) is 11.1. The first-order valence-electron chi connectivity index (χ1n) is 12.8. The minimum atomic E-state index is -0.510. The highest BCUT2D eigenvalue weighted by Gasteiger charge is 2.53. The molecule has 9 nitrogen and oxygen atoms in total. The summed E-state index contributed by atoms with van der Waals surface area (Å²) in [6.07, 6.45) is 1.05. The summed E-state index contributed by atoms with van der Waals surface area (Å²) in [5.74, 6) is 0.590. The quantitative estimate of drug-likeness (QED) is 0.480. The number of benzene rings is 1. The molecule has 10 heteroatoms. The molecular formula is C28H34N4O5S. The van der Waals surface area contributed by atoms with Gasteiger partial charge in [-0.3, -0.25) is 4.79 Å². The molecule has 5 rings (SSSR count). The van der Waals surface area contributed by atoms with Crippen LogP contribution in [0.15, 0.2) is 36.4 Å². The van der Waals surface area contributed by atoms with E-state index in [9.17, 15) is 9.59 Å². The van der Waals surface area contributed by atoms with Gasteiger partial charge in [-0.05, 0) is 63.9 Å². The summed E-state index contributed by atoms with van der Waals surface area (Å²) in [6.45, 7) is 9.53. The Morgan fingerprint density at radius 3 is 2.66 bits per heavy atom. The van der Waals surface area contributed by atoms with Crippen LogP contribution in [0.1, 0.15) is 48.1 Å². The van der Waals surface area contributed by atoms with Crippen molar-refractivity contribution in [3.63, 3.8) is 0 Å². The molecule has 38 heavy (non-hydrogen) atoms. The predicted molar refractivity (Wildman–Crippen MR) is 147 cm³/mol. The zero-order valence-corrected chi connectivity index (χ0v) is 23.0. The van der Waals surface area contributed by atoms with Gasteiger partial charge in [-0.15, -0.1) is 11.3 Å². The van der Waals surface area contributed by atoms with Crippen LogP contribution in [-0.4, -0.2) is 65.4 Å². The number of likely N-dealkylation sites (tertiary alicyclic amines) is 1. The van der Waals surface area contributed by atoms with Gasteiger partial charge in [0.2, 0.25) is 0 Å². The number of rotatable bonds is 6. The molecule has 0 saturated carbocycles. The number of nitrogens with two attached hydrogens (primary N) is 1. The number of nitrogen functional groups attached to an aromatic ring is 1. The van der Waals surface area contributed by atoms with Crippen LogP contribution in [0.5, 0.6) is 5.75 Å². The van der Waals surface area contributed by atoms with Gasteiger partial charge in [-0.2, -0.15) is 0 Å². The fourth-order valence-electron chi connectivity index (χ4n) is 4.79. The Kier molecular flexibility index (Phi) is 6.96. The second-order valence-corrected chi connectivity index (χ2v) is 12.1. The Balaban J connectivity index is 1.07. The van der Waals surface area contributed by atoms with Crippen molar-refractivity contribution in [2.45, 2.75) is 57.8 Å². The first-order chi connectivity index (χ1) is 18.0. The van der Waals surface area contributed by atoms with E-state index in [1.165, 1.54) is 11.3 Å². The number of aromatic nitrogens is 1. The molecule has 2 aliphatic rings. The van der Waals surface area contributed by atoms with Crippen LogP contribution >= 0.6 is 11.3 Å². The number of nitrogens with zero attached hydrogens (tertiary/aromatic N) is 2. The number of pyridine rings is 1. The van der Waals surface area contributed by atoms with Crippen LogP contribution in [0, 0.1) is 6.92 Å². The van der Waals surface area contributed by atoms with Gasteiger partial charge in [0.15, 0.2) is 0 Å². The molecular weight excluding hydrogens is 504 g/mol. The van der Waals surface area contributed by atoms with Crippen LogP contribution in [0.25, 0.3) is 10.2 Å². The molecule has 1 atom stereocenters. The van der Waals surface area contributed by atoms with E-state index in [1.54, 1.807) is 4.90 Å². The van der Waals surface area contributed by atoms with Crippen LogP contribution in [0.3, 0.4) is 0 Å². The van der Waals surface area contributed by atoms with Crippen LogP contribution in [0.4, 0.5) is 10.5 Å². The number of thiophene rings is 1. The van der Waals surface area contributed by atoms with Crippen molar-refractivity contribution in [3.05, 3.63) is 52.5 Å². The van der Waals surface area contributed by atoms with Gasteiger partial charge in [0.1, 0.15) is 32.8 Å². The third-order valence-electron chi connectivity index (χ3n) is 6.65. The zero-order chi connectivity index (χ0) is 27.1. The molecule has 2 aromatic heterocycles. The fourth-order valence-corrected chi connectivity index (χ4v) is 5.85. The highest BCUT2D eigenvalue weighted by molar-refractivity contribution is 7.21. The van der Waals surface area contributed by atoms with Crippen molar-refractivity contribution < 1.29 is 23.8 Å². The molecule has 3 aromatic rings. The first kappa shape index (κ1) is 26.2. The second kappa shape index (κ2) is 10.1. The van der Waals surface area contributed by atoms with Crippen molar-refractivity contribution in [2.24, 2.45) is 0 Å². The van der Waals surface area contributed by atoms with Gasteiger partial charge in [0.25, 0.3) is 5.91 Å². The van der Waals surface area contributed by atoms with E-state index < -0.39 is 5.60 Å². The van der Waals surface area contributed by atoms with Gasteiger partial charge in [-0.1, -0.05) is 12.1 Å².